The van der Waals surface area contributed by atoms with E-state index in [1.54, 1.807) is 7.11 Å². The summed E-state index contributed by atoms with van der Waals surface area (Å²) in [7, 11) is 1.66. The molecule has 13 heavy (non-hydrogen) atoms. The SMILES string of the molecule is COc1ccc2c(c1)C[C@@H](N)CO2. The lowest BCUT2D eigenvalue weighted by Crippen LogP contribution is -2.33. The normalized spacial score (nSPS) is 20.3. The highest BCUT2D eigenvalue weighted by Gasteiger charge is 2.16. The van der Waals surface area contributed by atoms with Crippen molar-refractivity contribution in [3.8, 4) is 11.5 Å². The van der Waals surface area contributed by atoms with E-state index in [0.717, 1.165) is 23.5 Å². The zero-order valence-corrected chi connectivity index (χ0v) is 7.62. The van der Waals surface area contributed by atoms with E-state index in [4.69, 9.17) is 15.2 Å². The first-order valence-electron chi connectivity index (χ1n) is 4.35. The smallest absolute Gasteiger partial charge is 0.122 e. The summed E-state index contributed by atoms with van der Waals surface area (Å²) in [6.07, 6.45) is 0.868. The van der Waals surface area contributed by atoms with Gasteiger partial charge in [-0.1, -0.05) is 0 Å². The summed E-state index contributed by atoms with van der Waals surface area (Å²) in [6.45, 7) is 0.610. The number of rotatable bonds is 1. The minimum absolute atomic E-state index is 0.111. The predicted octanol–water partition coefficient (Wildman–Crippen LogP) is 0.957. The maximum absolute atomic E-state index is 5.78. The van der Waals surface area contributed by atoms with Crippen LogP contribution >= 0.6 is 0 Å². The van der Waals surface area contributed by atoms with Crippen LogP contribution in [0.3, 0.4) is 0 Å². The quantitative estimate of drug-likeness (QED) is 0.698. The van der Waals surface area contributed by atoms with Crippen LogP contribution in [0.1, 0.15) is 5.56 Å². The lowest BCUT2D eigenvalue weighted by atomic mass is 10.0. The summed E-state index contributed by atoms with van der Waals surface area (Å²) in [5, 5.41) is 0. The van der Waals surface area contributed by atoms with Crippen LogP contribution in [0.2, 0.25) is 0 Å². The standard InChI is InChI=1S/C10H13NO2/c1-12-9-2-3-10-7(5-9)4-8(11)6-13-10/h2-3,5,8H,4,6,11H2,1H3/t8-/m1/s1. The van der Waals surface area contributed by atoms with E-state index in [2.05, 4.69) is 0 Å². The van der Waals surface area contributed by atoms with E-state index in [9.17, 15) is 0 Å². The first kappa shape index (κ1) is 8.38. The van der Waals surface area contributed by atoms with Crippen LogP contribution in [-0.4, -0.2) is 19.8 Å². The highest BCUT2D eigenvalue weighted by Crippen LogP contribution is 2.27. The molecule has 2 N–H and O–H groups in total. The molecular weight excluding hydrogens is 166 g/mol. The van der Waals surface area contributed by atoms with Gasteiger partial charge in [-0.05, 0) is 30.2 Å². The van der Waals surface area contributed by atoms with E-state index in [1.807, 2.05) is 18.2 Å². The summed E-state index contributed by atoms with van der Waals surface area (Å²) >= 11 is 0. The average Bonchev–Trinajstić information content (AvgIpc) is 2.16. The molecule has 0 aromatic heterocycles. The minimum Gasteiger partial charge on any atom is -0.497 e. The molecule has 1 aliphatic heterocycles. The van der Waals surface area contributed by atoms with Gasteiger partial charge in [0.2, 0.25) is 0 Å². The second-order valence-electron chi connectivity index (χ2n) is 3.25. The molecule has 0 spiro atoms. The van der Waals surface area contributed by atoms with Crippen molar-refractivity contribution in [1.29, 1.82) is 0 Å². The van der Waals surface area contributed by atoms with Gasteiger partial charge in [0.15, 0.2) is 0 Å². The summed E-state index contributed by atoms with van der Waals surface area (Å²) in [4.78, 5) is 0. The minimum atomic E-state index is 0.111. The third-order valence-electron chi connectivity index (χ3n) is 2.20. The lowest BCUT2D eigenvalue weighted by Gasteiger charge is -2.22. The molecule has 0 saturated heterocycles. The van der Waals surface area contributed by atoms with E-state index in [-0.39, 0.29) is 6.04 Å². The first-order valence-corrected chi connectivity index (χ1v) is 4.35. The number of methoxy groups -OCH3 is 1. The summed E-state index contributed by atoms with van der Waals surface area (Å²) in [6, 6.07) is 5.92. The van der Waals surface area contributed by atoms with Gasteiger partial charge in [0.25, 0.3) is 0 Å². The van der Waals surface area contributed by atoms with Gasteiger partial charge in [-0.3, -0.25) is 0 Å². The van der Waals surface area contributed by atoms with Gasteiger partial charge in [-0.2, -0.15) is 0 Å². The van der Waals surface area contributed by atoms with Gasteiger partial charge >= 0.3 is 0 Å². The zero-order chi connectivity index (χ0) is 9.26. The van der Waals surface area contributed by atoms with Crippen molar-refractivity contribution in [3.63, 3.8) is 0 Å². The molecule has 1 heterocycles. The summed E-state index contributed by atoms with van der Waals surface area (Å²) in [5.41, 5.74) is 6.91. The predicted molar refractivity (Wildman–Crippen MR) is 50.2 cm³/mol. The monoisotopic (exact) mass is 179 g/mol. The Balaban J connectivity index is 2.32. The molecule has 0 aliphatic carbocycles. The summed E-state index contributed by atoms with van der Waals surface area (Å²) < 4.78 is 10.6. The van der Waals surface area contributed by atoms with Crippen LogP contribution in [0.5, 0.6) is 11.5 Å². The van der Waals surface area contributed by atoms with Gasteiger partial charge in [-0.15, -0.1) is 0 Å². The van der Waals surface area contributed by atoms with Crippen molar-refractivity contribution < 1.29 is 9.47 Å². The van der Waals surface area contributed by atoms with Crippen LogP contribution in [0, 0.1) is 0 Å². The molecule has 1 aliphatic rings. The van der Waals surface area contributed by atoms with Crippen LogP contribution in [0.4, 0.5) is 0 Å². The fourth-order valence-electron chi connectivity index (χ4n) is 1.52. The molecule has 1 atom stereocenters. The van der Waals surface area contributed by atoms with Crippen molar-refractivity contribution in [2.24, 2.45) is 5.73 Å². The van der Waals surface area contributed by atoms with E-state index in [0.29, 0.717) is 6.61 Å². The van der Waals surface area contributed by atoms with Crippen LogP contribution in [-0.2, 0) is 6.42 Å². The fourth-order valence-corrected chi connectivity index (χ4v) is 1.52. The number of fused-ring (bicyclic) bond motifs is 1. The molecule has 1 aromatic rings. The molecule has 0 saturated carbocycles. The van der Waals surface area contributed by atoms with Gasteiger partial charge < -0.3 is 15.2 Å². The maximum atomic E-state index is 5.78. The molecular formula is C10H13NO2. The molecule has 0 bridgehead atoms. The Morgan fingerprint density at radius 3 is 3.15 bits per heavy atom. The van der Waals surface area contributed by atoms with Crippen molar-refractivity contribution in [2.45, 2.75) is 12.5 Å². The first-order chi connectivity index (χ1) is 6.29. The summed E-state index contributed by atoms with van der Waals surface area (Å²) in [5.74, 6) is 1.79. The van der Waals surface area contributed by atoms with Gasteiger partial charge in [0.05, 0.1) is 7.11 Å². The Morgan fingerprint density at radius 1 is 1.54 bits per heavy atom. The Labute approximate surface area is 77.5 Å². The Bertz CT molecular complexity index is 312. The Kier molecular flexibility index (Phi) is 2.10. The molecule has 0 fully saturated rings. The van der Waals surface area contributed by atoms with E-state index >= 15 is 0 Å². The van der Waals surface area contributed by atoms with Crippen molar-refractivity contribution in [1.82, 2.24) is 0 Å². The Hall–Kier alpha value is -1.22. The number of benzene rings is 1. The molecule has 2 rings (SSSR count). The third-order valence-corrected chi connectivity index (χ3v) is 2.20. The second-order valence-corrected chi connectivity index (χ2v) is 3.25. The highest BCUT2D eigenvalue weighted by atomic mass is 16.5. The largest absolute Gasteiger partial charge is 0.497 e. The molecule has 3 heteroatoms. The molecule has 0 unspecified atom stereocenters. The molecule has 1 aromatic carbocycles. The van der Waals surface area contributed by atoms with Crippen LogP contribution in [0.15, 0.2) is 18.2 Å². The molecule has 3 nitrogen and oxygen atoms in total. The van der Waals surface area contributed by atoms with Crippen molar-refractivity contribution in [2.75, 3.05) is 13.7 Å². The van der Waals surface area contributed by atoms with Crippen LogP contribution in [0.25, 0.3) is 0 Å². The molecule has 70 valence electrons. The molecule has 0 radical (unpaired) electrons. The van der Waals surface area contributed by atoms with Gasteiger partial charge in [0, 0.05) is 6.04 Å². The number of ether oxygens (including phenoxy) is 2. The van der Waals surface area contributed by atoms with E-state index in [1.165, 1.54) is 0 Å². The second kappa shape index (κ2) is 3.26. The number of nitrogens with two attached hydrogens (primary N) is 1. The van der Waals surface area contributed by atoms with Crippen molar-refractivity contribution >= 4 is 0 Å². The van der Waals surface area contributed by atoms with Gasteiger partial charge in [-0.25, -0.2) is 0 Å². The third kappa shape index (κ3) is 1.60. The Morgan fingerprint density at radius 2 is 2.38 bits per heavy atom. The van der Waals surface area contributed by atoms with E-state index < -0.39 is 0 Å². The fraction of sp³-hybridized carbons (Fsp3) is 0.400. The maximum Gasteiger partial charge on any atom is 0.122 e. The lowest BCUT2D eigenvalue weighted by molar-refractivity contribution is 0.262. The highest BCUT2D eigenvalue weighted by molar-refractivity contribution is 5.41. The average molecular weight is 179 g/mol. The zero-order valence-electron chi connectivity index (χ0n) is 7.62. The van der Waals surface area contributed by atoms with Gasteiger partial charge in [0.1, 0.15) is 18.1 Å². The van der Waals surface area contributed by atoms with Crippen molar-refractivity contribution in [3.05, 3.63) is 23.8 Å². The number of hydrogen-bond donors (Lipinski definition) is 1. The number of hydrogen-bond acceptors (Lipinski definition) is 3. The molecule has 0 amide bonds. The van der Waals surface area contributed by atoms with Crippen LogP contribution < -0.4 is 15.2 Å². The topological polar surface area (TPSA) is 44.5 Å².